The highest BCUT2D eigenvalue weighted by Gasteiger charge is 2.56. The second kappa shape index (κ2) is 4.07. The number of carbonyl (C=O) groups excluding carboxylic acids is 1. The van der Waals surface area contributed by atoms with E-state index in [-0.39, 0.29) is 17.7 Å². The summed E-state index contributed by atoms with van der Waals surface area (Å²) in [6.07, 6.45) is 3.51. The number of aliphatic carboxylic acids is 1. The molecular formula is C12H19NO3. The van der Waals surface area contributed by atoms with Crippen LogP contribution in [-0.4, -0.2) is 23.0 Å². The maximum Gasteiger partial charge on any atom is 0.326 e. The van der Waals surface area contributed by atoms with Crippen molar-refractivity contribution in [2.24, 2.45) is 23.7 Å². The fraction of sp³-hybridized carbons (Fsp3) is 0.833. The van der Waals surface area contributed by atoms with Gasteiger partial charge in [-0.15, -0.1) is 0 Å². The van der Waals surface area contributed by atoms with Crippen LogP contribution in [-0.2, 0) is 9.59 Å². The smallest absolute Gasteiger partial charge is 0.326 e. The van der Waals surface area contributed by atoms with E-state index in [9.17, 15) is 9.59 Å². The Labute approximate surface area is 95.4 Å². The van der Waals surface area contributed by atoms with Crippen molar-refractivity contribution in [3.05, 3.63) is 0 Å². The lowest BCUT2D eigenvalue weighted by Gasteiger charge is -2.18. The molecule has 0 aromatic rings. The average Bonchev–Trinajstić information content (AvgIpc) is 2.67. The number of hydrogen-bond donors (Lipinski definition) is 2. The molecule has 0 spiro atoms. The quantitative estimate of drug-likeness (QED) is 0.757. The molecule has 2 aliphatic carbocycles. The van der Waals surface area contributed by atoms with Gasteiger partial charge in [-0.25, -0.2) is 4.79 Å². The van der Waals surface area contributed by atoms with Gasteiger partial charge in [-0.05, 0) is 30.6 Å². The minimum absolute atomic E-state index is 0.0456. The van der Waals surface area contributed by atoms with E-state index < -0.39 is 12.0 Å². The number of amides is 1. The maximum atomic E-state index is 11.9. The molecule has 0 bridgehead atoms. The molecule has 2 aliphatic rings. The summed E-state index contributed by atoms with van der Waals surface area (Å²) < 4.78 is 0. The molecule has 1 amide bonds. The second-order valence-electron chi connectivity index (χ2n) is 5.35. The van der Waals surface area contributed by atoms with Gasteiger partial charge in [-0.2, -0.15) is 0 Å². The van der Waals surface area contributed by atoms with Crippen LogP contribution in [0.15, 0.2) is 0 Å². The molecule has 3 atom stereocenters. The van der Waals surface area contributed by atoms with Crippen LogP contribution in [0.5, 0.6) is 0 Å². The van der Waals surface area contributed by atoms with Gasteiger partial charge in [0.25, 0.3) is 0 Å². The Bertz CT molecular complexity index is 303. The number of rotatable bonds is 4. The van der Waals surface area contributed by atoms with Crippen LogP contribution in [0.2, 0.25) is 0 Å². The molecule has 2 unspecified atom stereocenters. The molecule has 2 fully saturated rings. The molecule has 2 rings (SSSR count). The lowest BCUT2D eigenvalue weighted by atomic mass is 10.0. The molecule has 0 aromatic heterocycles. The molecule has 4 nitrogen and oxygen atoms in total. The first-order chi connectivity index (χ1) is 7.52. The number of hydrogen-bond acceptors (Lipinski definition) is 2. The van der Waals surface area contributed by atoms with E-state index in [1.807, 2.05) is 13.8 Å². The van der Waals surface area contributed by atoms with Crippen molar-refractivity contribution in [2.75, 3.05) is 0 Å². The summed E-state index contributed by atoms with van der Waals surface area (Å²) in [5, 5.41) is 11.7. The first-order valence-electron chi connectivity index (χ1n) is 6.05. The molecule has 0 aliphatic heterocycles. The molecule has 0 heterocycles. The predicted octanol–water partition coefficient (Wildman–Crippen LogP) is 1.26. The van der Waals surface area contributed by atoms with Crippen LogP contribution in [0, 0.1) is 23.7 Å². The zero-order chi connectivity index (χ0) is 11.9. The van der Waals surface area contributed by atoms with Gasteiger partial charge in [0, 0.05) is 5.92 Å². The summed E-state index contributed by atoms with van der Waals surface area (Å²) in [7, 11) is 0. The highest BCUT2D eigenvalue weighted by atomic mass is 16.4. The minimum atomic E-state index is -0.936. The standard InChI is InChI=1S/C12H19NO3/c1-6(2)10(12(15)16)13-11(14)9-7-4-3-5-8(7)9/h6-10H,3-5H2,1-2H3,(H,13,14)(H,15,16)/t7?,8?,9?,10-/m1/s1. The summed E-state index contributed by atoms with van der Waals surface area (Å²) in [5.41, 5.74) is 0. The molecule has 0 saturated heterocycles. The number of nitrogens with one attached hydrogen (secondary N) is 1. The van der Waals surface area contributed by atoms with Crippen LogP contribution in [0.3, 0.4) is 0 Å². The van der Waals surface area contributed by atoms with Crippen LogP contribution in [0.1, 0.15) is 33.1 Å². The first-order valence-corrected chi connectivity index (χ1v) is 6.05. The Morgan fingerprint density at radius 2 is 1.81 bits per heavy atom. The predicted molar refractivity (Wildman–Crippen MR) is 58.7 cm³/mol. The summed E-state index contributed by atoms with van der Waals surface area (Å²) in [4.78, 5) is 22.8. The number of carbonyl (C=O) groups is 2. The highest BCUT2D eigenvalue weighted by Crippen LogP contribution is 2.57. The van der Waals surface area contributed by atoms with Crippen molar-refractivity contribution in [2.45, 2.75) is 39.2 Å². The monoisotopic (exact) mass is 225 g/mol. The van der Waals surface area contributed by atoms with Crippen molar-refractivity contribution in [3.8, 4) is 0 Å². The van der Waals surface area contributed by atoms with E-state index in [1.165, 1.54) is 6.42 Å². The molecule has 4 heteroatoms. The van der Waals surface area contributed by atoms with Crippen LogP contribution in [0.4, 0.5) is 0 Å². The third-order valence-electron chi connectivity index (χ3n) is 3.94. The lowest BCUT2D eigenvalue weighted by Crippen LogP contribution is -2.45. The summed E-state index contributed by atoms with van der Waals surface area (Å²) in [6, 6.07) is -0.742. The summed E-state index contributed by atoms with van der Waals surface area (Å²) >= 11 is 0. The largest absolute Gasteiger partial charge is 0.480 e. The molecular weight excluding hydrogens is 206 g/mol. The Kier molecular flexibility index (Phi) is 2.91. The summed E-state index contributed by atoms with van der Waals surface area (Å²) in [5.74, 6) is 0.141. The second-order valence-corrected chi connectivity index (χ2v) is 5.35. The van der Waals surface area contributed by atoms with Crippen LogP contribution >= 0.6 is 0 Å². The normalized spacial score (nSPS) is 33.3. The first kappa shape index (κ1) is 11.4. The number of fused-ring (bicyclic) bond motifs is 1. The van der Waals surface area contributed by atoms with Crippen molar-refractivity contribution < 1.29 is 14.7 Å². The molecule has 0 radical (unpaired) electrons. The van der Waals surface area contributed by atoms with E-state index in [0.717, 1.165) is 12.8 Å². The van der Waals surface area contributed by atoms with Crippen LogP contribution < -0.4 is 5.32 Å². The topological polar surface area (TPSA) is 66.4 Å². The zero-order valence-electron chi connectivity index (χ0n) is 9.77. The van der Waals surface area contributed by atoms with Gasteiger partial charge in [0.2, 0.25) is 5.91 Å². The van der Waals surface area contributed by atoms with Gasteiger partial charge in [0.15, 0.2) is 0 Å². The van der Waals surface area contributed by atoms with E-state index in [0.29, 0.717) is 11.8 Å². The van der Waals surface area contributed by atoms with E-state index in [1.54, 1.807) is 0 Å². The van der Waals surface area contributed by atoms with Gasteiger partial charge in [0.05, 0.1) is 0 Å². The fourth-order valence-electron chi connectivity index (χ4n) is 2.97. The van der Waals surface area contributed by atoms with E-state index in [2.05, 4.69) is 5.32 Å². The zero-order valence-corrected chi connectivity index (χ0v) is 9.77. The van der Waals surface area contributed by atoms with Crippen LogP contribution in [0.25, 0.3) is 0 Å². The van der Waals surface area contributed by atoms with Gasteiger partial charge < -0.3 is 10.4 Å². The molecule has 0 aromatic carbocycles. The molecule has 2 saturated carbocycles. The summed E-state index contributed by atoms with van der Waals surface area (Å²) in [6.45, 7) is 3.62. The van der Waals surface area contributed by atoms with E-state index >= 15 is 0 Å². The van der Waals surface area contributed by atoms with Crippen molar-refractivity contribution in [3.63, 3.8) is 0 Å². The Balaban J connectivity index is 1.89. The van der Waals surface area contributed by atoms with Gasteiger partial charge in [-0.1, -0.05) is 20.3 Å². The van der Waals surface area contributed by atoms with Gasteiger partial charge in [0.1, 0.15) is 6.04 Å². The Morgan fingerprint density at radius 1 is 1.25 bits per heavy atom. The van der Waals surface area contributed by atoms with E-state index in [4.69, 9.17) is 5.11 Å². The molecule has 90 valence electrons. The average molecular weight is 225 g/mol. The third-order valence-corrected chi connectivity index (χ3v) is 3.94. The third kappa shape index (κ3) is 1.93. The van der Waals surface area contributed by atoms with Crippen molar-refractivity contribution >= 4 is 11.9 Å². The van der Waals surface area contributed by atoms with Gasteiger partial charge in [-0.3, -0.25) is 4.79 Å². The molecule has 2 N–H and O–H groups in total. The maximum absolute atomic E-state index is 11.9. The fourth-order valence-corrected chi connectivity index (χ4v) is 2.97. The molecule has 16 heavy (non-hydrogen) atoms. The number of carboxylic acids is 1. The van der Waals surface area contributed by atoms with Crippen molar-refractivity contribution in [1.82, 2.24) is 5.32 Å². The number of carboxylic acid groups (broad SMARTS) is 1. The SMILES string of the molecule is CC(C)[C@@H](NC(=O)C1C2CCCC21)C(=O)O. The Hall–Kier alpha value is -1.06. The Morgan fingerprint density at radius 3 is 2.25 bits per heavy atom. The van der Waals surface area contributed by atoms with Crippen molar-refractivity contribution in [1.29, 1.82) is 0 Å². The minimum Gasteiger partial charge on any atom is -0.480 e. The van der Waals surface area contributed by atoms with Gasteiger partial charge >= 0.3 is 5.97 Å². The highest BCUT2D eigenvalue weighted by molar-refractivity contribution is 5.87. The lowest BCUT2D eigenvalue weighted by molar-refractivity contribution is -0.143.